The molecule has 0 radical (unpaired) electrons. The Morgan fingerprint density at radius 2 is 1.68 bits per heavy atom. The van der Waals surface area contributed by atoms with E-state index in [4.69, 9.17) is 0 Å². The summed E-state index contributed by atoms with van der Waals surface area (Å²) in [7, 11) is -3.97. The fourth-order valence-electron chi connectivity index (χ4n) is 3.69. The molecule has 210 valence electrons. The molecule has 0 spiro atoms. The Balaban J connectivity index is 2.22. The molecule has 1 atom stereocenters. The minimum atomic E-state index is -4.66. The van der Waals surface area contributed by atoms with Crippen LogP contribution in [0.2, 0.25) is 0 Å². The number of sulfonamides is 1. The fourth-order valence-corrected chi connectivity index (χ4v) is 4.64. The molecule has 2 rings (SSSR count). The molecule has 0 saturated heterocycles. The number of nitrogens with one attached hydrogen (secondary N) is 1. The second kappa shape index (κ2) is 13.1. The van der Waals surface area contributed by atoms with Crippen molar-refractivity contribution in [2.75, 3.05) is 23.7 Å². The number of carbonyl (C=O) groups is 2. The van der Waals surface area contributed by atoms with Crippen molar-refractivity contribution in [2.45, 2.75) is 52.4 Å². The number of carbonyl (C=O) groups excluding carboxylic acids is 2. The molecule has 0 aromatic heterocycles. The molecule has 0 heterocycles. The maximum atomic E-state index is 14.3. The van der Waals surface area contributed by atoms with Crippen LogP contribution in [0.4, 0.5) is 23.2 Å². The molecule has 38 heavy (non-hydrogen) atoms. The number of nitrogens with zero attached hydrogens (tertiary/aromatic N) is 2. The van der Waals surface area contributed by atoms with E-state index in [1.54, 1.807) is 6.07 Å². The predicted molar refractivity (Wildman–Crippen MR) is 137 cm³/mol. The molecule has 0 aliphatic rings. The first kappa shape index (κ1) is 31.1. The van der Waals surface area contributed by atoms with E-state index in [9.17, 15) is 35.6 Å². The minimum Gasteiger partial charge on any atom is -0.354 e. The second-order valence-electron chi connectivity index (χ2n) is 9.41. The van der Waals surface area contributed by atoms with Crippen LogP contribution < -0.4 is 9.62 Å². The van der Waals surface area contributed by atoms with Gasteiger partial charge in [0.2, 0.25) is 21.8 Å². The maximum absolute atomic E-state index is 14.3. The third kappa shape index (κ3) is 9.00. The summed E-state index contributed by atoms with van der Waals surface area (Å²) in [6.45, 7) is 5.25. The lowest BCUT2D eigenvalue weighted by atomic mass is 10.1. The first-order valence-corrected chi connectivity index (χ1v) is 13.9. The van der Waals surface area contributed by atoms with Gasteiger partial charge in [0, 0.05) is 31.6 Å². The zero-order valence-corrected chi connectivity index (χ0v) is 22.6. The summed E-state index contributed by atoms with van der Waals surface area (Å²) in [4.78, 5) is 27.1. The van der Waals surface area contributed by atoms with Crippen LogP contribution in [0.15, 0.2) is 48.5 Å². The Morgan fingerprint density at radius 1 is 1.03 bits per heavy atom. The van der Waals surface area contributed by atoms with E-state index in [0.29, 0.717) is 6.54 Å². The molecular formula is C26H33F4N3O4S. The number of alkyl halides is 3. The van der Waals surface area contributed by atoms with Crippen LogP contribution in [-0.4, -0.2) is 50.5 Å². The highest BCUT2D eigenvalue weighted by molar-refractivity contribution is 7.92. The molecule has 2 aromatic rings. The first-order valence-electron chi connectivity index (χ1n) is 12.1. The van der Waals surface area contributed by atoms with Crippen molar-refractivity contribution in [3.8, 4) is 0 Å². The van der Waals surface area contributed by atoms with Crippen LogP contribution in [0, 0.1) is 11.7 Å². The van der Waals surface area contributed by atoms with Gasteiger partial charge in [0.05, 0.1) is 17.5 Å². The fraction of sp³-hybridized carbons (Fsp3) is 0.462. The monoisotopic (exact) mass is 559 g/mol. The summed E-state index contributed by atoms with van der Waals surface area (Å²) in [6, 6.07) is 8.79. The molecule has 0 bridgehead atoms. The molecule has 0 fully saturated rings. The number of amides is 2. The third-order valence-corrected chi connectivity index (χ3v) is 6.96. The lowest BCUT2D eigenvalue weighted by Crippen LogP contribution is -2.48. The van der Waals surface area contributed by atoms with E-state index in [2.05, 4.69) is 5.32 Å². The van der Waals surface area contributed by atoms with Gasteiger partial charge in [0.1, 0.15) is 11.9 Å². The zero-order chi connectivity index (χ0) is 28.7. The van der Waals surface area contributed by atoms with Gasteiger partial charge in [-0.25, -0.2) is 12.8 Å². The summed E-state index contributed by atoms with van der Waals surface area (Å²) < 4.78 is 79.3. The molecule has 2 amide bonds. The largest absolute Gasteiger partial charge is 0.416 e. The van der Waals surface area contributed by atoms with Crippen LogP contribution >= 0.6 is 0 Å². The predicted octanol–water partition coefficient (Wildman–Crippen LogP) is 4.58. The van der Waals surface area contributed by atoms with Crippen molar-refractivity contribution in [1.82, 2.24) is 10.2 Å². The lowest BCUT2D eigenvalue weighted by Gasteiger charge is -2.30. The van der Waals surface area contributed by atoms with Crippen LogP contribution in [0.25, 0.3) is 0 Å². The second-order valence-corrected chi connectivity index (χ2v) is 11.3. The van der Waals surface area contributed by atoms with Gasteiger partial charge in [0.25, 0.3) is 0 Å². The van der Waals surface area contributed by atoms with Gasteiger partial charge in [-0.1, -0.05) is 38.1 Å². The molecule has 0 aliphatic heterocycles. The molecule has 12 heteroatoms. The highest BCUT2D eigenvalue weighted by Gasteiger charge is 2.32. The number of anilines is 1. The normalized spacial score (nSPS) is 12.8. The van der Waals surface area contributed by atoms with Crippen LogP contribution in [0.1, 0.15) is 44.7 Å². The molecule has 7 nitrogen and oxygen atoms in total. The van der Waals surface area contributed by atoms with E-state index < -0.39 is 45.4 Å². The molecular weight excluding hydrogens is 526 g/mol. The number of hydrogen-bond acceptors (Lipinski definition) is 4. The molecule has 0 saturated carbocycles. The highest BCUT2D eigenvalue weighted by Crippen LogP contribution is 2.32. The average molecular weight is 560 g/mol. The zero-order valence-electron chi connectivity index (χ0n) is 21.8. The summed E-state index contributed by atoms with van der Waals surface area (Å²) in [5, 5.41) is 2.74. The van der Waals surface area contributed by atoms with Gasteiger partial charge in [-0.2, -0.15) is 13.2 Å². The summed E-state index contributed by atoms with van der Waals surface area (Å²) in [6.07, 6.45) is -4.06. The number of hydrogen-bond donors (Lipinski definition) is 1. The van der Waals surface area contributed by atoms with Crippen molar-refractivity contribution >= 4 is 27.5 Å². The van der Waals surface area contributed by atoms with E-state index in [1.807, 2.05) is 13.8 Å². The Morgan fingerprint density at radius 3 is 2.26 bits per heavy atom. The Bertz CT molecular complexity index is 1220. The van der Waals surface area contributed by atoms with Gasteiger partial charge in [-0.05, 0) is 43.5 Å². The molecule has 2 aromatic carbocycles. The van der Waals surface area contributed by atoms with Crippen LogP contribution in [0.5, 0.6) is 0 Å². The maximum Gasteiger partial charge on any atom is 0.416 e. The van der Waals surface area contributed by atoms with Gasteiger partial charge < -0.3 is 10.2 Å². The molecule has 1 N–H and O–H groups in total. The summed E-state index contributed by atoms with van der Waals surface area (Å²) in [5.74, 6) is -1.34. The summed E-state index contributed by atoms with van der Waals surface area (Å²) >= 11 is 0. The number of halogens is 4. The topological polar surface area (TPSA) is 86.8 Å². The highest BCUT2D eigenvalue weighted by atomic mass is 32.2. The van der Waals surface area contributed by atoms with Crippen molar-refractivity contribution < 1.29 is 35.6 Å². The SMILES string of the molecule is CC(C)CNC(=O)[C@H](C)N(Cc1ccccc1F)C(=O)CCCN(c1cccc(C(F)(F)F)c1)S(C)(=O)=O. The third-order valence-electron chi connectivity index (χ3n) is 5.76. The number of benzene rings is 2. The average Bonchev–Trinajstić information content (AvgIpc) is 2.82. The van der Waals surface area contributed by atoms with Crippen molar-refractivity contribution in [2.24, 2.45) is 5.92 Å². The molecule has 0 unspecified atom stereocenters. The molecule has 0 aliphatic carbocycles. The Hall–Kier alpha value is -3.15. The van der Waals surface area contributed by atoms with Crippen molar-refractivity contribution in [3.05, 3.63) is 65.5 Å². The van der Waals surface area contributed by atoms with Gasteiger partial charge in [-0.15, -0.1) is 0 Å². The smallest absolute Gasteiger partial charge is 0.354 e. The van der Waals surface area contributed by atoms with Gasteiger partial charge in [0.15, 0.2) is 0 Å². The standard InChI is InChI=1S/C26H33F4N3O4S/c1-18(2)16-31-25(35)19(3)32(17-20-9-5-6-12-23(20)27)24(34)13-8-14-33(38(4,36)37)22-11-7-10-21(15-22)26(28,29)30/h5-7,9-12,15,18-19H,8,13-14,16-17H2,1-4H3,(H,31,35)/t19-/m0/s1. The van der Waals surface area contributed by atoms with Crippen LogP contribution in [0.3, 0.4) is 0 Å². The van der Waals surface area contributed by atoms with Gasteiger partial charge >= 0.3 is 6.18 Å². The first-order chi connectivity index (χ1) is 17.6. The van der Waals surface area contributed by atoms with E-state index in [-0.39, 0.29) is 43.1 Å². The van der Waals surface area contributed by atoms with Crippen LogP contribution in [-0.2, 0) is 32.3 Å². The van der Waals surface area contributed by atoms with E-state index in [1.165, 1.54) is 36.1 Å². The minimum absolute atomic E-state index is 0.0454. The lowest BCUT2D eigenvalue weighted by molar-refractivity contribution is -0.140. The quantitative estimate of drug-likeness (QED) is 0.386. The number of rotatable bonds is 12. The summed E-state index contributed by atoms with van der Waals surface area (Å²) in [5.41, 5.74) is -0.984. The van der Waals surface area contributed by atoms with E-state index >= 15 is 0 Å². The van der Waals surface area contributed by atoms with Crippen molar-refractivity contribution in [3.63, 3.8) is 0 Å². The Labute approximate surface area is 220 Å². The van der Waals surface area contributed by atoms with Gasteiger partial charge in [-0.3, -0.25) is 13.9 Å². The Kier molecular flexibility index (Phi) is 10.7. The van der Waals surface area contributed by atoms with E-state index in [0.717, 1.165) is 28.8 Å². The van der Waals surface area contributed by atoms with Crippen molar-refractivity contribution in [1.29, 1.82) is 0 Å².